The van der Waals surface area contributed by atoms with E-state index in [0.717, 1.165) is 11.1 Å². The maximum Gasteiger partial charge on any atom is 0.320 e. The van der Waals surface area contributed by atoms with Crippen LogP contribution < -0.4 is 5.32 Å². The van der Waals surface area contributed by atoms with Crippen molar-refractivity contribution in [3.63, 3.8) is 0 Å². The smallest absolute Gasteiger partial charge is 0.320 e. The Morgan fingerprint density at radius 1 is 1.00 bits per heavy atom. The van der Waals surface area contributed by atoms with E-state index >= 15 is 0 Å². The lowest BCUT2D eigenvalue weighted by Gasteiger charge is -2.29. The van der Waals surface area contributed by atoms with E-state index in [2.05, 4.69) is 5.32 Å². The largest absolute Gasteiger partial charge is 0.376 e. The van der Waals surface area contributed by atoms with Crippen LogP contribution in [0.5, 0.6) is 0 Å². The fourth-order valence-electron chi connectivity index (χ4n) is 2.71. The van der Waals surface area contributed by atoms with Crippen LogP contribution in [0.2, 0.25) is 0 Å². The number of nitrogens with one attached hydrogen (secondary N) is 1. The number of aliphatic hydroxyl groups is 1. The van der Waals surface area contributed by atoms with Crippen LogP contribution in [-0.2, 0) is 5.54 Å². The van der Waals surface area contributed by atoms with E-state index in [9.17, 15) is 9.90 Å². The summed E-state index contributed by atoms with van der Waals surface area (Å²) >= 11 is 0. The molecule has 1 heterocycles. The lowest BCUT2D eigenvalue weighted by molar-refractivity contribution is 0.138. The lowest BCUT2D eigenvalue weighted by atomic mass is 9.83. The number of carbonyl (C=O) groups is 1. The maximum atomic E-state index is 12.0. The molecule has 3 rings (SSSR count). The SMILES string of the molecule is O=C1NC(c2ccccc2)(c2ccccc2)CN1CO. The van der Waals surface area contributed by atoms with Crippen LogP contribution in [0.25, 0.3) is 0 Å². The molecule has 0 aromatic heterocycles. The van der Waals surface area contributed by atoms with Crippen LogP contribution in [0.15, 0.2) is 60.7 Å². The molecule has 1 fully saturated rings. The van der Waals surface area contributed by atoms with E-state index in [1.54, 1.807) is 0 Å². The minimum Gasteiger partial charge on any atom is -0.376 e. The molecule has 2 amide bonds. The van der Waals surface area contributed by atoms with Crippen molar-refractivity contribution in [1.29, 1.82) is 0 Å². The molecular formula is C16H16N2O2. The molecule has 2 aromatic rings. The molecule has 0 saturated carbocycles. The number of hydrogen-bond donors (Lipinski definition) is 2. The topological polar surface area (TPSA) is 52.6 Å². The number of carbonyl (C=O) groups excluding carboxylic acids is 1. The van der Waals surface area contributed by atoms with Crippen molar-refractivity contribution in [2.75, 3.05) is 13.3 Å². The Kier molecular flexibility index (Phi) is 3.16. The highest BCUT2D eigenvalue weighted by Crippen LogP contribution is 2.34. The molecule has 4 heteroatoms. The highest BCUT2D eigenvalue weighted by molar-refractivity contribution is 5.79. The first-order chi connectivity index (χ1) is 9.76. The van der Waals surface area contributed by atoms with E-state index < -0.39 is 5.54 Å². The third-order valence-electron chi connectivity index (χ3n) is 3.74. The van der Waals surface area contributed by atoms with Gasteiger partial charge in [-0.2, -0.15) is 0 Å². The van der Waals surface area contributed by atoms with Crippen LogP contribution in [0.1, 0.15) is 11.1 Å². The van der Waals surface area contributed by atoms with Gasteiger partial charge >= 0.3 is 6.03 Å². The van der Waals surface area contributed by atoms with E-state index in [1.165, 1.54) is 4.90 Å². The summed E-state index contributed by atoms with van der Waals surface area (Å²) in [4.78, 5) is 13.4. The summed E-state index contributed by atoms with van der Waals surface area (Å²) in [6.07, 6.45) is 0. The standard InChI is InChI=1S/C16H16N2O2/c19-12-18-11-16(17-15(18)20,13-7-3-1-4-8-13)14-9-5-2-6-10-14/h1-10,19H,11-12H2,(H,17,20). The lowest BCUT2D eigenvalue weighted by Crippen LogP contribution is -2.41. The average Bonchev–Trinajstić information content (AvgIpc) is 2.87. The first kappa shape index (κ1) is 12.7. The predicted octanol–water partition coefficient (Wildman–Crippen LogP) is 1.91. The summed E-state index contributed by atoms with van der Waals surface area (Å²) in [6, 6.07) is 19.4. The predicted molar refractivity (Wildman–Crippen MR) is 76.0 cm³/mol. The van der Waals surface area contributed by atoms with Crippen molar-refractivity contribution in [1.82, 2.24) is 10.2 Å². The third-order valence-corrected chi connectivity index (χ3v) is 3.74. The quantitative estimate of drug-likeness (QED) is 0.893. The molecule has 0 aliphatic carbocycles. The minimum absolute atomic E-state index is 0.250. The zero-order valence-electron chi connectivity index (χ0n) is 11.0. The summed E-state index contributed by atoms with van der Waals surface area (Å²) in [5.74, 6) is 0. The fourth-order valence-corrected chi connectivity index (χ4v) is 2.71. The Labute approximate surface area is 117 Å². The molecule has 1 saturated heterocycles. The molecule has 0 bridgehead atoms. The Morgan fingerprint density at radius 2 is 1.50 bits per heavy atom. The Morgan fingerprint density at radius 3 is 1.90 bits per heavy atom. The number of amides is 2. The summed E-state index contributed by atoms with van der Waals surface area (Å²) in [7, 11) is 0. The van der Waals surface area contributed by atoms with Crippen molar-refractivity contribution >= 4 is 6.03 Å². The monoisotopic (exact) mass is 268 g/mol. The summed E-state index contributed by atoms with van der Waals surface area (Å²) in [5, 5.41) is 12.4. The molecule has 2 aromatic carbocycles. The molecule has 102 valence electrons. The Hall–Kier alpha value is -2.33. The second kappa shape index (κ2) is 4.98. The van der Waals surface area contributed by atoms with Gasteiger partial charge in [-0.25, -0.2) is 4.79 Å². The average molecular weight is 268 g/mol. The summed E-state index contributed by atoms with van der Waals surface area (Å²) < 4.78 is 0. The Balaban J connectivity index is 2.13. The van der Waals surface area contributed by atoms with E-state index in [4.69, 9.17) is 0 Å². The Bertz CT molecular complexity index is 559. The number of urea groups is 1. The molecule has 0 spiro atoms. The molecular weight excluding hydrogens is 252 g/mol. The van der Waals surface area contributed by atoms with Gasteiger partial charge in [-0.15, -0.1) is 0 Å². The highest BCUT2D eigenvalue weighted by Gasteiger charge is 2.44. The van der Waals surface area contributed by atoms with E-state index in [0.29, 0.717) is 6.54 Å². The van der Waals surface area contributed by atoms with Crippen molar-refractivity contribution in [2.45, 2.75) is 5.54 Å². The first-order valence-electron chi connectivity index (χ1n) is 6.55. The van der Waals surface area contributed by atoms with Gasteiger partial charge in [0.25, 0.3) is 0 Å². The minimum atomic E-state index is -0.609. The number of benzene rings is 2. The van der Waals surface area contributed by atoms with Gasteiger partial charge in [0.1, 0.15) is 12.3 Å². The fraction of sp³-hybridized carbons (Fsp3) is 0.188. The molecule has 4 nitrogen and oxygen atoms in total. The maximum absolute atomic E-state index is 12.0. The number of hydrogen-bond acceptors (Lipinski definition) is 2. The highest BCUT2D eigenvalue weighted by atomic mass is 16.3. The van der Waals surface area contributed by atoms with Gasteiger partial charge in [0.05, 0.1) is 6.54 Å². The molecule has 0 atom stereocenters. The number of rotatable bonds is 3. The van der Waals surface area contributed by atoms with Crippen LogP contribution >= 0.6 is 0 Å². The van der Waals surface area contributed by atoms with Gasteiger partial charge in [-0.05, 0) is 11.1 Å². The second-order valence-electron chi connectivity index (χ2n) is 4.91. The van der Waals surface area contributed by atoms with Gasteiger partial charge in [0, 0.05) is 0 Å². The van der Waals surface area contributed by atoms with Gasteiger partial charge in [0.2, 0.25) is 0 Å². The summed E-state index contributed by atoms with van der Waals surface area (Å²) in [5.41, 5.74) is 1.41. The molecule has 20 heavy (non-hydrogen) atoms. The normalized spacial score (nSPS) is 17.1. The van der Waals surface area contributed by atoms with Crippen LogP contribution in [0.4, 0.5) is 4.79 Å². The van der Waals surface area contributed by atoms with Gasteiger partial charge < -0.3 is 10.4 Å². The van der Waals surface area contributed by atoms with Crippen molar-refractivity contribution in [2.24, 2.45) is 0 Å². The number of nitrogens with zero attached hydrogens (tertiary/aromatic N) is 1. The molecule has 0 radical (unpaired) electrons. The van der Waals surface area contributed by atoms with Crippen molar-refractivity contribution in [3.05, 3.63) is 71.8 Å². The summed E-state index contributed by atoms with van der Waals surface area (Å²) in [6.45, 7) is 0.129. The molecule has 1 aliphatic rings. The van der Waals surface area contributed by atoms with Crippen LogP contribution in [0.3, 0.4) is 0 Å². The van der Waals surface area contributed by atoms with E-state index in [1.807, 2.05) is 60.7 Å². The molecule has 1 aliphatic heterocycles. The first-order valence-corrected chi connectivity index (χ1v) is 6.55. The van der Waals surface area contributed by atoms with Crippen molar-refractivity contribution < 1.29 is 9.90 Å². The van der Waals surface area contributed by atoms with Crippen LogP contribution in [-0.4, -0.2) is 29.3 Å². The zero-order chi connectivity index (χ0) is 14.0. The zero-order valence-corrected chi connectivity index (χ0v) is 11.0. The van der Waals surface area contributed by atoms with Gasteiger partial charge in [-0.1, -0.05) is 60.7 Å². The number of aliphatic hydroxyl groups excluding tert-OH is 1. The second-order valence-corrected chi connectivity index (χ2v) is 4.91. The molecule has 0 unspecified atom stereocenters. The molecule has 2 N–H and O–H groups in total. The van der Waals surface area contributed by atoms with Crippen molar-refractivity contribution in [3.8, 4) is 0 Å². The van der Waals surface area contributed by atoms with Gasteiger partial charge in [-0.3, -0.25) is 4.90 Å². The van der Waals surface area contributed by atoms with Crippen LogP contribution in [0, 0.1) is 0 Å². The van der Waals surface area contributed by atoms with E-state index in [-0.39, 0.29) is 12.8 Å². The third kappa shape index (κ3) is 1.94. The van der Waals surface area contributed by atoms with Gasteiger partial charge in [0.15, 0.2) is 0 Å².